The Balaban J connectivity index is 2.03. The van der Waals surface area contributed by atoms with Gasteiger partial charge in [-0.1, -0.05) is 25.8 Å². The lowest BCUT2D eigenvalue weighted by atomic mass is 9.73. The van der Waals surface area contributed by atoms with Crippen LogP contribution >= 0.6 is 0 Å². The smallest absolute Gasteiger partial charge is 0.408 e. The van der Waals surface area contributed by atoms with Gasteiger partial charge in [-0.2, -0.15) is 0 Å². The van der Waals surface area contributed by atoms with Crippen molar-refractivity contribution in [2.75, 3.05) is 7.05 Å². The molecular formula is C16H22N2O2. The molecule has 1 aliphatic carbocycles. The van der Waals surface area contributed by atoms with E-state index in [-0.39, 0.29) is 5.76 Å². The lowest BCUT2D eigenvalue weighted by Gasteiger charge is -2.37. The summed E-state index contributed by atoms with van der Waals surface area (Å²) < 4.78 is 5.19. The van der Waals surface area contributed by atoms with Crippen LogP contribution in [-0.2, 0) is 0 Å². The molecule has 0 saturated heterocycles. The van der Waals surface area contributed by atoms with Gasteiger partial charge in [0.15, 0.2) is 5.58 Å². The highest BCUT2D eigenvalue weighted by atomic mass is 16.4. The number of benzene rings is 1. The molecule has 1 aromatic carbocycles. The fourth-order valence-corrected chi connectivity index (χ4v) is 3.89. The lowest BCUT2D eigenvalue weighted by Crippen LogP contribution is -2.34. The number of aromatic nitrogens is 1. The maximum Gasteiger partial charge on any atom is 0.417 e. The van der Waals surface area contributed by atoms with Crippen molar-refractivity contribution in [3.05, 3.63) is 34.3 Å². The summed E-state index contributed by atoms with van der Waals surface area (Å²) in [6, 6.07) is 6.37. The van der Waals surface area contributed by atoms with Gasteiger partial charge < -0.3 is 9.73 Å². The molecule has 1 saturated carbocycles. The van der Waals surface area contributed by atoms with E-state index in [0.29, 0.717) is 17.0 Å². The quantitative estimate of drug-likeness (QED) is 0.899. The van der Waals surface area contributed by atoms with Crippen molar-refractivity contribution >= 4 is 11.1 Å². The first kappa shape index (κ1) is 13.4. The molecule has 1 aliphatic rings. The minimum Gasteiger partial charge on any atom is -0.408 e. The Morgan fingerprint density at radius 2 is 2.15 bits per heavy atom. The van der Waals surface area contributed by atoms with Gasteiger partial charge in [0, 0.05) is 6.04 Å². The highest BCUT2D eigenvalue weighted by Crippen LogP contribution is 2.50. The molecule has 0 amide bonds. The van der Waals surface area contributed by atoms with Crippen molar-refractivity contribution in [3.63, 3.8) is 0 Å². The summed E-state index contributed by atoms with van der Waals surface area (Å²) in [7, 11) is 2.03. The first-order valence-corrected chi connectivity index (χ1v) is 7.48. The van der Waals surface area contributed by atoms with Crippen molar-refractivity contribution in [1.82, 2.24) is 10.3 Å². The fourth-order valence-electron chi connectivity index (χ4n) is 3.89. The molecule has 1 unspecified atom stereocenters. The van der Waals surface area contributed by atoms with Crippen LogP contribution in [0.2, 0.25) is 0 Å². The molecule has 0 spiro atoms. The Labute approximate surface area is 118 Å². The lowest BCUT2D eigenvalue weighted by molar-refractivity contribution is 0.195. The Kier molecular flexibility index (Phi) is 3.42. The van der Waals surface area contributed by atoms with Crippen LogP contribution in [0.4, 0.5) is 0 Å². The molecule has 108 valence electrons. The zero-order valence-electron chi connectivity index (χ0n) is 12.2. The summed E-state index contributed by atoms with van der Waals surface area (Å²) >= 11 is 0. The molecule has 1 heterocycles. The van der Waals surface area contributed by atoms with Crippen LogP contribution in [0.5, 0.6) is 0 Å². The number of nitrogens with one attached hydrogen (secondary N) is 2. The molecule has 4 nitrogen and oxygen atoms in total. The molecule has 2 aromatic rings. The van der Waals surface area contributed by atoms with Crippen LogP contribution in [-0.4, -0.2) is 12.0 Å². The van der Waals surface area contributed by atoms with Gasteiger partial charge in [-0.3, -0.25) is 4.98 Å². The van der Waals surface area contributed by atoms with Gasteiger partial charge in [-0.15, -0.1) is 0 Å². The zero-order chi connectivity index (χ0) is 14.2. The third-order valence-corrected chi connectivity index (χ3v) is 4.98. The second-order valence-electron chi connectivity index (χ2n) is 5.91. The molecule has 20 heavy (non-hydrogen) atoms. The number of fused-ring (bicyclic) bond motifs is 1. The number of oxazole rings is 1. The first-order chi connectivity index (χ1) is 9.68. The highest BCUT2D eigenvalue weighted by Gasteiger charge is 2.39. The number of H-pyrrole nitrogens is 1. The van der Waals surface area contributed by atoms with Crippen molar-refractivity contribution < 1.29 is 4.42 Å². The third-order valence-electron chi connectivity index (χ3n) is 4.98. The van der Waals surface area contributed by atoms with E-state index < -0.39 is 0 Å². The Hall–Kier alpha value is -1.55. The van der Waals surface area contributed by atoms with Gasteiger partial charge in [0.2, 0.25) is 0 Å². The van der Waals surface area contributed by atoms with Crippen LogP contribution in [0.25, 0.3) is 11.1 Å². The van der Waals surface area contributed by atoms with E-state index in [4.69, 9.17) is 4.42 Å². The van der Waals surface area contributed by atoms with Crippen molar-refractivity contribution in [3.8, 4) is 0 Å². The summed E-state index contributed by atoms with van der Waals surface area (Å²) in [6.07, 6.45) is 6.34. The molecule has 1 fully saturated rings. The molecule has 0 bridgehead atoms. The summed E-state index contributed by atoms with van der Waals surface area (Å²) in [5.41, 5.74) is 2.97. The van der Waals surface area contributed by atoms with Crippen molar-refractivity contribution in [2.45, 2.75) is 45.1 Å². The number of rotatable bonds is 4. The van der Waals surface area contributed by atoms with E-state index in [1.54, 1.807) is 0 Å². The fraction of sp³-hybridized carbons (Fsp3) is 0.562. The summed E-state index contributed by atoms with van der Waals surface area (Å²) in [5.74, 6) is -0.385. The van der Waals surface area contributed by atoms with Gasteiger partial charge >= 0.3 is 5.76 Å². The Bertz CT molecular complexity index is 650. The number of hydrogen-bond acceptors (Lipinski definition) is 3. The van der Waals surface area contributed by atoms with E-state index in [1.807, 2.05) is 19.2 Å². The monoisotopic (exact) mass is 274 g/mol. The standard InChI is InChI=1S/C16H22N2O2/c1-3-16(8-4-5-9-16)14(17-2)11-6-7-12-13(10-11)20-15(19)18-12/h6-7,10,14,17H,3-5,8-9H2,1-2H3,(H,18,19). The van der Waals surface area contributed by atoms with Crippen molar-refractivity contribution in [2.24, 2.45) is 5.41 Å². The molecule has 0 radical (unpaired) electrons. The molecule has 4 heteroatoms. The van der Waals surface area contributed by atoms with Gasteiger partial charge in [0.25, 0.3) is 0 Å². The van der Waals surface area contributed by atoms with Crippen LogP contribution < -0.4 is 11.1 Å². The van der Waals surface area contributed by atoms with Crippen LogP contribution in [0.1, 0.15) is 50.6 Å². The first-order valence-electron chi connectivity index (χ1n) is 7.48. The Morgan fingerprint density at radius 3 is 2.80 bits per heavy atom. The highest BCUT2D eigenvalue weighted by molar-refractivity contribution is 5.73. The average Bonchev–Trinajstić information content (AvgIpc) is 3.05. The average molecular weight is 274 g/mol. The minimum atomic E-state index is -0.385. The van der Waals surface area contributed by atoms with E-state index in [0.717, 1.165) is 5.52 Å². The maximum atomic E-state index is 11.3. The SMILES string of the molecule is CCC1(C(NC)c2ccc3[nH]c(=O)oc3c2)CCCC1. The second-order valence-corrected chi connectivity index (χ2v) is 5.91. The van der Waals surface area contributed by atoms with E-state index in [9.17, 15) is 4.79 Å². The van der Waals surface area contributed by atoms with Gasteiger partial charge in [-0.25, -0.2) is 4.79 Å². The molecule has 1 atom stereocenters. The van der Waals surface area contributed by atoms with E-state index >= 15 is 0 Å². The third kappa shape index (κ3) is 2.08. The molecule has 3 rings (SSSR count). The second kappa shape index (κ2) is 5.09. The summed E-state index contributed by atoms with van der Waals surface area (Å²) in [6.45, 7) is 2.28. The van der Waals surface area contributed by atoms with Gasteiger partial charge in [0.05, 0.1) is 5.52 Å². The topological polar surface area (TPSA) is 58.0 Å². The predicted octanol–water partition coefficient (Wildman–Crippen LogP) is 3.35. The molecule has 1 aromatic heterocycles. The number of aromatic amines is 1. The van der Waals surface area contributed by atoms with Crippen molar-refractivity contribution in [1.29, 1.82) is 0 Å². The minimum absolute atomic E-state index is 0.319. The Morgan fingerprint density at radius 1 is 1.40 bits per heavy atom. The number of hydrogen-bond donors (Lipinski definition) is 2. The van der Waals surface area contributed by atoms with Crippen LogP contribution in [0, 0.1) is 5.41 Å². The van der Waals surface area contributed by atoms with Gasteiger partial charge in [0.1, 0.15) is 0 Å². The largest absolute Gasteiger partial charge is 0.417 e. The summed E-state index contributed by atoms with van der Waals surface area (Å²) in [5, 5.41) is 3.49. The summed E-state index contributed by atoms with van der Waals surface area (Å²) in [4.78, 5) is 14.0. The van der Waals surface area contributed by atoms with E-state index in [1.165, 1.54) is 37.7 Å². The molecule has 2 N–H and O–H groups in total. The zero-order valence-corrected chi connectivity index (χ0v) is 12.2. The van der Waals surface area contributed by atoms with Crippen LogP contribution in [0.3, 0.4) is 0 Å². The molecular weight excluding hydrogens is 252 g/mol. The normalized spacial score (nSPS) is 19.5. The maximum absolute atomic E-state index is 11.3. The van der Waals surface area contributed by atoms with Gasteiger partial charge in [-0.05, 0) is 49.4 Å². The van der Waals surface area contributed by atoms with E-state index in [2.05, 4.69) is 23.3 Å². The predicted molar refractivity (Wildman–Crippen MR) is 79.8 cm³/mol. The van der Waals surface area contributed by atoms with Crippen LogP contribution in [0.15, 0.2) is 27.4 Å². The molecule has 0 aliphatic heterocycles.